The maximum Gasteiger partial charge on any atom is 0.252 e. The van der Waals surface area contributed by atoms with E-state index in [9.17, 15) is 4.79 Å². The number of carbonyl (C=O) groups excluding carboxylic acids is 1. The highest BCUT2D eigenvalue weighted by Crippen LogP contribution is 2.43. The van der Waals surface area contributed by atoms with E-state index in [0.717, 1.165) is 34.2 Å². The number of aliphatic imine (C=N–C) groups is 1. The van der Waals surface area contributed by atoms with Crippen molar-refractivity contribution in [1.29, 1.82) is 0 Å². The number of amides is 1. The molecule has 1 amide bonds. The van der Waals surface area contributed by atoms with Crippen molar-refractivity contribution in [3.05, 3.63) is 126 Å². The van der Waals surface area contributed by atoms with Gasteiger partial charge >= 0.3 is 0 Å². The Bertz CT molecular complexity index is 1440. The summed E-state index contributed by atoms with van der Waals surface area (Å²) in [6.45, 7) is 3.11. The van der Waals surface area contributed by atoms with Crippen LogP contribution in [-0.2, 0) is 16.0 Å². The molecular weight excluding hydrogens is 512 g/mol. The van der Waals surface area contributed by atoms with E-state index in [-0.39, 0.29) is 12.5 Å². The van der Waals surface area contributed by atoms with Gasteiger partial charge in [-0.15, -0.1) is 0 Å². The minimum atomic E-state index is -1.20. The molecule has 2 atom stereocenters. The molecule has 0 fully saturated rings. The van der Waals surface area contributed by atoms with Gasteiger partial charge in [-0.2, -0.15) is 0 Å². The molecule has 5 rings (SSSR count). The van der Waals surface area contributed by atoms with E-state index in [0.29, 0.717) is 37.6 Å². The lowest BCUT2D eigenvalue weighted by Crippen LogP contribution is -2.50. The average Bonchev–Trinajstić information content (AvgIpc) is 3.41. The van der Waals surface area contributed by atoms with Gasteiger partial charge < -0.3 is 19.9 Å². The van der Waals surface area contributed by atoms with Gasteiger partial charge in [-0.3, -0.25) is 4.79 Å². The van der Waals surface area contributed by atoms with E-state index in [4.69, 9.17) is 19.6 Å². The number of nitrogens with one attached hydrogen (secondary N) is 1. The van der Waals surface area contributed by atoms with Crippen LogP contribution in [0.15, 0.2) is 114 Å². The van der Waals surface area contributed by atoms with Gasteiger partial charge in [-0.25, -0.2) is 4.99 Å². The summed E-state index contributed by atoms with van der Waals surface area (Å²) in [5.41, 5.74) is 3.68. The number of aliphatic hydroxyl groups is 1. The molecule has 0 unspecified atom stereocenters. The number of hydrogen-bond donors (Lipinski definition) is 2. The lowest BCUT2D eigenvalue weighted by atomic mass is 9.81. The Hall–Kier alpha value is -4.42. The predicted octanol–water partition coefficient (Wildman–Crippen LogP) is 6.14. The molecule has 210 valence electrons. The third kappa shape index (κ3) is 6.50. The molecule has 0 spiro atoms. The van der Waals surface area contributed by atoms with Gasteiger partial charge in [0.2, 0.25) is 5.90 Å². The zero-order valence-electron chi connectivity index (χ0n) is 23.3. The van der Waals surface area contributed by atoms with Crippen molar-refractivity contribution >= 4 is 11.8 Å². The topological polar surface area (TPSA) is 80.2 Å². The van der Waals surface area contributed by atoms with Crippen molar-refractivity contribution in [2.24, 2.45) is 4.99 Å². The van der Waals surface area contributed by atoms with Gasteiger partial charge in [0, 0.05) is 31.6 Å². The molecule has 4 aromatic rings. The first-order valence-electron chi connectivity index (χ1n) is 14.2. The molecule has 6 nitrogen and oxygen atoms in total. The van der Waals surface area contributed by atoms with Gasteiger partial charge in [0.15, 0.2) is 11.6 Å². The summed E-state index contributed by atoms with van der Waals surface area (Å²) in [5, 5.41) is 12.1. The molecule has 41 heavy (non-hydrogen) atoms. The third-order valence-electron chi connectivity index (χ3n) is 7.20. The molecule has 1 aliphatic rings. The van der Waals surface area contributed by atoms with Crippen molar-refractivity contribution in [2.75, 3.05) is 19.8 Å². The van der Waals surface area contributed by atoms with Crippen molar-refractivity contribution < 1.29 is 19.4 Å². The summed E-state index contributed by atoms with van der Waals surface area (Å²) in [4.78, 5) is 19.1. The number of benzene rings is 4. The minimum Gasteiger partial charge on any atom is -0.494 e. The highest BCUT2D eigenvalue weighted by molar-refractivity contribution is 6.01. The van der Waals surface area contributed by atoms with Gasteiger partial charge in [0.1, 0.15) is 5.75 Å². The lowest BCUT2D eigenvalue weighted by Gasteiger charge is -2.31. The van der Waals surface area contributed by atoms with Crippen LogP contribution in [0.5, 0.6) is 5.75 Å². The Morgan fingerprint density at radius 2 is 1.51 bits per heavy atom. The first-order chi connectivity index (χ1) is 20.1. The summed E-state index contributed by atoms with van der Waals surface area (Å²) in [5.74, 6) is 0.969. The van der Waals surface area contributed by atoms with E-state index in [2.05, 4.69) is 29.6 Å². The molecule has 1 heterocycles. The molecule has 0 aromatic heterocycles. The normalized spacial score (nSPS) is 17.9. The second-order valence-corrected chi connectivity index (χ2v) is 10.2. The standard InChI is InChI=1S/C35H36N2O4/c1-2-22-36-34(39)35(25-26-10-5-3-6-11-26)32(29-16-14-28(15-17-29)27-12-7-4-8-13-27)41-33(37-35)30-18-20-31(21-19-30)40-24-9-23-38/h3-8,10-21,32,38H,2,9,22-25H2,1H3,(H,36,39)/t32-,35-/m1/s1. The molecule has 0 aliphatic carbocycles. The molecular formula is C35H36N2O4. The van der Waals surface area contributed by atoms with Crippen LogP contribution in [-0.4, -0.2) is 42.2 Å². The number of ether oxygens (including phenoxy) is 2. The van der Waals surface area contributed by atoms with Gasteiger partial charge in [0.25, 0.3) is 5.91 Å². The lowest BCUT2D eigenvalue weighted by molar-refractivity contribution is -0.128. The summed E-state index contributed by atoms with van der Waals surface area (Å²) in [7, 11) is 0. The second kappa shape index (κ2) is 13.3. The molecule has 4 aromatic carbocycles. The number of carbonyl (C=O) groups is 1. The van der Waals surface area contributed by atoms with E-state index >= 15 is 0 Å². The van der Waals surface area contributed by atoms with Crippen LogP contribution >= 0.6 is 0 Å². The first-order valence-corrected chi connectivity index (χ1v) is 14.2. The molecule has 0 saturated heterocycles. The van der Waals surface area contributed by atoms with E-state index in [1.54, 1.807) is 0 Å². The van der Waals surface area contributed by atoms with Crippen LogP contribution in [0.1, 0.15) is 42.6 Å². The van der Waals surface area contributed by atoms with Crippen LogP contribution in [0.4, 0.5) is 0 Å². The smallest absolute Gasteiger partial charge is 0.252 e. The van der Waals surface area contributed by atoms with E-state index in [1.165, 1.54) is 0 Å². The molecule has 0 radical (unpaired) electrons. The summed E-state index contributed by atoms with van der Waals surface area (Å²) in [6.07, 6.45) is 1.15. The number of rotatable bonds is 12. The first kappa shape index (κ1) is 28.1. The largest absolute Gasteiger partial charge is 0.494 e. The van der Waals surface area contributed by atoms with Crippen LogP contribution in [0.25, 0.3) is 11.1 Å². The Labute approximate surface area is 241 Å². The van der Waals surface area contributed by atoms with E-state index in [1.807, 2.05) is 91.9 Å². The average molecular weight is 549 g/mol. The maximum atomic E-state index is 14.0. The summed E-state index contributed by atoms with van der Waals surface area (Å²) < 4.78 is 12.3. The van der Waals surface area contributed by atoms with Crippen molar-refractivity contribution in [2.45, 2.75) is 37.8 Å². The fraction of sp³-hybridized carbons (Fsp3) is 0.257. The molecule has 2 N–H and O–H groups in total. The number of hydrogen-bond acceptors (Lipinski definition) is 5. The molecule has 0 bridgehead atoms. The highest BCUT2D eigenvalue weighted by Gasteiger charge is 2.53. The van der Waals surface area contributed by atoms with Gasteiger partial charge in [-0.1, -0.05) is 91.9 Å². The van der Waals surface area contributed by atoms with Crippen molar-refractivity contribution in [3.63, 3.8) is 0 Å². The zero-order chi connectivity index (χ0) is 28.5. The fourth-order valence-corrected chi connectivity index (χ4v) is 5.06. The van der Waals surface area contributed by atoms with Gasteiger partial charge in [0.05, 0.1) is 6.61 Å². The van der Waals surface area contributed by atoms with Crippen LogP contribution in [0.2, 0.25) is 0 Å². The molecule has 1 aliphatic heterocycles. The van der Waals surface area contributed by atoms with Gasteiger partial charge in [-0.05, 0) is 52.9 Å². The Morgan fingerprint density at radius 3 is 2.17 bits per heavy atom. The van der Waals surface area contributed by atoms with E-state index < -0.39 is 11.6 Å². The van der Waals surface area contributed by atoms with Crippen molar-refractivity contribution in [3.8, 4) is 16.9 Å². The monoisotopic (exact) mass is 548 g/mol. The van der Waals surface area contributed by atoms with Crippen LogP contribution in [0.3, 0.4) is 0 Å². The highest BCUT2D eigenvalue weighted by atomic mass is 16.5. The predicted molar refractivity (Wildman–Crippen MR) is 162 cm³/mol. The Kier molecular flexibility index (Phi) is 9.12. The third-order valence-corrected chi connectivity index (χ3v) is 7.20. The zero-order valence-corrected chi connectivity index (χ0v) is 23.3. The second-order valence-electron chi connectivity index (χ2n) is 10.2. The summed E-state index contributed by atoms with van der Waals surface area (Å²) in [6, 6.07) is 35.9. The number of aliphatic hydroxyl groups excluding tert-OH is 1. The quantitative estimate of drug-likeness (QED) is 0.209. The minimum absolute atomic E-state index is 0.0834. The maximum absolute atomic E-state index is 14.0. The molecule has 6 heteroatoms. The fourth-order valence-electron chi connectivity index (χ4n) is 5.06. The number of nitrogens with zero attached hydrogens (tertiary/aromatic N) is 1. The Balaban J connectivity index is 1.54. The van der Waals surface area contributed by atoms with Crippen LogP contribution in [0, 0.1) is 0 Å². The Morgan fingerprint density at radius 1 is 0.878 bits per heavy atom. The van der Waals surface area contributed by atoms with Crippen molar-refractivity contribution in [1.82, 2.24) is 5.32 Å². The van der Waals surface area contributed by atoms with Crippen LogP contribution < -0.4 is 10.1 Å². The SMILES string of the molecule is CCCNC(=O)[C@]1(Cc2ccccc2)N=C(c2ccc(OCCCO)cc2)O[C@@H]1c1ccc(-c2ccccc2)cc1. The summed E-state index contributed by atoms with van der Waals surface area (Å²) >= 11 is 0. The molecule has 0 saturated carbocycles.